The van der Waals surface area contributed by atoms with E-state index in [2.05, 4.69) is 11.3 Å². The summed E-state index contributed by atoms with van der Waals surface area (Å²) in [5.41, 5.74) is -0.581. The molecule has 0 aromatic heterocycles. The Bertz CT molecular complexity index is 753. The SMILES string of the molecule is C=C(C)C1CC(O)=C2C(=O)OC(C)(CC(=O)OC)CC3OC(=O)C(C2C1)C3O. The number of methoxy groups -OCH3 is 1. The number of ether oxygens (including phenoxy) is 3. The summed E-state index contributed by atoms with van der Waals surface area (Å²) >= 11 is 0. The molecule has 0 spiro atoms. The number of rotatable bonds is 3. The Morgan fingerprint density at radius 1 is 1.39 bits per heavy atom. The normalized spacial score (nSPS) is 37.8. The molecule has 6 atom stereocenters. The Hall–Kier alpha value is -2.35. The third kappa shape index (κ3) is 3.53. The van der Waals surface area contributed by atoms with Crippen molar-refractivity contribution in [3.05, 3.63) is 23.5 Å². The van der Waals surface area contributed by atoms with Gasteiger partial charge in [-0.25, -0.2) is 4.79 Å². The summed E-state index contributed by atoms with van der Waals surface area (Å²) in [5, 5.41) is 21.4. The fraction of sp³-hybridized carbons (Fsp3) is 0.650. The van der Waals surface area contributed by atoms with Crippen molar-refractivity contribution in [3.63, 3.8) is 0 Å². The van der Waals surface area contributed by atoms with Gasteiger partial charge in [0.25, 0.3) is 0 Å². The molecule has 1 aliphatic carbocycles. The maximum Gasteiger partial charge on any atom is 0.338 e. The molecule has 2 bridgehead atoms. The number of allylic oxidation sites excluding steroid dienone is 2. The quantitative estimate of drug-likeness (QED) is 0.421. The Balaban J connectivity index is 2.07. The van der Waals surface area contributed by atoms with E-state index >= 15 is 0 Å². The second-order valence-electron chi connectivity index (χ2n) is 8.24. The molecule has 2 aliphatic heterocycles. The molecule has 2 saturated heterocycles. The minimum atomic E-state index is -1.36. The summed E-state index contributed by atoms with van der Waals surface area (Å²) in [6, 6.07) is 0. The van der Waals surface area contributed by atoms with Gasteiger partial charge in [0, 0.05) is 18.8 Å². The lowest BCUT2D eigenvalue weighted by Crippen LogP contribution is -2.40. The first-order chi connectivity index (χ1) is 13.1. The van der Waals surface area contributed by atoms with Crippen molar-refractivity contribution in [2.24, 2.45) is 17.8 Å². The van der Waals surface area contributed by atoms with Gasteiger partial charge in [0.15, 0.2) is 0 Å². The van der Waals surface area contributed by atoms with Crippen LogP contribution in [0.1, 0.15) is 39.5 Å². The van der Waals surface area contributed by atoms with E-state index in [9.17, 15) is 24.6 Å². The number of hydrogen-bond acceptors (Lipinski definition) is 8. The first-order valence-corrected chi connectivity index (χ1v) is 9.32. The van der Waals surface area contributed by atoms with Crippen LogP contribution in [0.5, 0.6) is 0 Å². The molecule has 28 heavy (non-hydrogen) atoms. The molecule has 6 unspecified atom stereocenters. The predicted molar refractivity (Wildman–Crippen MR) is 95.8 cm³/mol. The zero-order valence-electron chi connectivity index (χ0n) is 16.3. The van der Waals surface area contributed by atoms with Gasteiger partial charge in [-0.05, 0) is 26.2 Å². The number of hydrogen-bond donors (Lipinski definition) is 2. The molecule has 154 valence electrons. The molecule has 0 saturated carbocycles. The molecule has 0 radical (unpaired) electrons. The highest BCUT2D eigenvalue weighted by atomic mass is 16.6. The van der Waals surface area contributed by atoms with E-state index in [-0.39, 0.29) is 36.5 Å². The largest absolute Gasteiger partial charge is 0.512 e. The van der Waals surface area contributed by atoms with Crippen LogP contribution in [-0.2, 0) is 28.6 Å². The molecule has 0 amide bonds. The van der Waals surface area contributed by atoms with E-state index in [1.807, 2.05) is 6.92 Å². The summed E-state index contributed by atoms with van der Waals surface area (Å²) in [7, 11) is 1.21. The molecule has 2 fully saturated rings. The maximum absolute atomic E-state index is 13.0. The number of esters is 3. The standard InChI is InChI=1S/C20H26O8/c1-9(2)10-5-11-15(12(21)6-10)19(25)28-20(3,8-14(22)26-4)7-13-17(23)16(11)18(24)27-13/h10-11,13,16-17,21,23H,1,5-8H2,2-4H3. The lowest BCUT2D eigenvalue weighted by Gasteiger charge is -2.35. The van der Waals surface area contributed by atoms with Crippen molar-refractivity contribution in [2.45, 2.75) is 57.3 Å². The van der Waals surface area contributed by atoms with Gasteiger partial charge in [-0.3, -0.25) is 9.59 Å². The van der Waals surface area contributed by atoms with E-state index in [1.165, 1.54) is 14.0 Å². The van der Waals surface area contributed by atoms with Gasteiger partial charge in [0.1, 0.15) is 23.6 Å². The topological polar surface area (TPSA) is 119 Å². The Labute approximate surface area is 163 Å². The van der Waals surface area contributed by atoms with Crippen LogP contribution in [0.25, 0.3) is 0 Å². The van der Waals surface area contributed by atoms with Gasteiger partial charge in [0.2, 0.25) is 0 Å². The van der Waals surface area contributed by atoms with Crippen molar-refractivity contribution in [1.82, 2.24) is 0 Å². The highest BCUT2D eigenvalue weighted by molar-refractivity contribution is 5.92. The fourth-order valence-corrected chi connectivity index (χ4v) is 4.50. The highest BCUT2D eigenvalue weighted by Gasteiger charge is 2.56. The van der Waals surface area contributed by atoms with Crippen molar-refractivity contribution in [2.75, 3.05) is 7.11 Å². The summed E-state index contributed by atoms with van der Waals surface area (Å²) in [6.07, 6.45) is -1.87. The van der Waals surface area contributed by atoms with Crippen molar-refractivity contribution in [1.29, 1.82) is 0 Å². The van der Waals surface area contributed by atoms with E-state index in [4.69, 9.17) is 9.47 Å². The minimum absolute atomic E-state index is 0.0304. The molecular formula is C20H26O8. The van der Waals surface area contributed by atoms with Gasteiger partial charge < -0.3 is 24.4 Å². The lowest BCUT2D eigenvalue weighted by molar-refractivity contribution is -0.167. The fourth-order valence-electron chi connectivity index (χ4n) is 4.50. The van der Waals surface area contributed by atoms with Gasteiger partial charge >= 0.3 is 17.9 Å². The van der Waals surface area contributed by atoms with Crippen LogP contribution in [0.15, 0.2) is 23.5 Å². The zero-order chi connectivity index (χ0) is 20.8. The molecule has 2 N–H and O–H groups in total. The first kappa shape index (κ1) is 20.4. The monoisotopic (exact) mass is 394 g/mol. The number of fused-ring (bicyclic) bond motifs is 4. The van der Waals surface area contributed by atoms with E-state index in [1.54, 1.807) is 0 Å². The van der Waals surface area contributed by atoms with Crippen LogP contribution in [0.2, 0.25) is 0 Å². The summed E-state index contributed by atoms with van der Waals surface area (Å²) in [5.74, 6) is -4.08. The molecule has 8 heteroatoms. The average Bonchev–Trinajstić information content (AvgIpc) is 2.87. The molecule has 8 nitrogen and oxygen atoms in total. The van der Waals surface area contributed by atoms with Crippen LogP contribution >= 0.6 is 0 Å². The second-order valence-corrected chi connectivity index (χ2v) is 8.24. The van der Waals surface area contributed by atoms with E-state index in [0.717, 1.165) is 5.57 Å². The molecule has 0 aromatic rings. The second kappa shape index (κ2) is 7.24. The Kier molecular flexibility index (Phi) is 5.27. The summed E-state index contributed by atoms with van der Waals surface area (Å²) in [6.45, 7) is 7.25. The number of carbonyl (C=O) groups is 3. The molecule has 2 heterocycles. The number of cyclic esters (lactones) is 1. The number of aliphatic hydroxyl groups excluding tert-OH is 2. The van der Waals surface area contributed by atoms with Gasteiger partial charge in [-0.1, -0.05) is 12.2 Å². The zero-order valence-corrected chi connectivity index (χ0v) is 16.3. The molecule has 3 rings (SSSR count). The highest BCUT2D eigenvalue weighted by Crippen LogP contribution is 2.47. The van der Waals surface area contributed by atoms with Crippen LogP contribution in [0.3, 0.4) is 0 Å². The van der Waals surface area contributed by atoms with Gasteiger partial charge in [-0.15, -0.1) is 0 Å². The number of carbonyl (C=O) groups excluding carboxylic acids is 3. The Morgan fingerprint density at radius 3 is 2.68 bits per heavy atom. The average molecular weight is 394 g/mol. The predicted octanol–water partition coefficient (Wildman–Crippen LogP) is 1.57. The third-order valence-electron chi connectivity index (χ3n) is 6.02. The Morgan fingerprint density at radius 2 is 2.07 bits per heavy atom. The van der Waals surface area contributed by atoms with Crippen LogP contribution in [0, 0.1) is 17.8 Å². The first-order valence-electron chi connectivity index (χ1n) is 9.32. The van der Waals surface area contributed by atoms with Crippen molar-refractivity contribution >= 4 is 17.9 Å². The van der Waals surface area contributed by atoms with Crippen LogP contribution in [-0.4, -0.2) is 53.0 Å². The van der Waals surface area contributed by atoms with Crippen LogP contribution in [0.4, 0.5) is 0 Å². The molecule has 0 aromatic carbocycles. The number of aliphatic hydroxyl groups is 2. The molecular weight excluding hydrogens is 368 g/mol. The summed E-state index contributed by atoms with van der Waals surface area (Å²) in [4.78, 5) is 37.4. The maximum atomic E-state index is 13.0. The molecule has 3 aliphatic rings. The third-order valence-corrected chi connectivity index (χ3v) is 6.02. The van der Waals surface area contributed by atoms with Crippen LogP contribution < -0.4 is 0 Å². The smallest absolute Gasteiger partial charge is 0.338 e. The van der Waals surface area contributed by atoms with Crippen molar-refractivity contribution < 1.29 is 38.8 Å². The lowest BCUT2D eigenvalue weighted by atomic mass is 9.70. The van der Waals surface area contributed by atoms with E-state index in [0.29, 0.717) is 6.42 Å². The van der Waals surface area contributed by atoms with Crippen molar-refractivity contribution in [3.8, 4) is 0 Å². The summed E-state index contributed by atoms with van der Waals surface area (Å²) < 4.78 is 15.7. The minimum Gasteiger partial charge on any atom is -0.512 e. The van der Waals surface area contributed by atoms with Gasteiger partial charge in [-0.2, -0.15) is 0 Å². The van der Waals surface area contributed by atoms with E-state index < -0.39 is 47.6 Å². The van der Waals surface area contributed by atoms with Gasteiger partial charge in [0.05, 0.1) is 25.0 Å².